The van der Waals surface area contributed by atoms with Crippen molar-refractivity contribution in [1.82, 2.24) is 14.5 Å². The molecule has 2 aromatic heterocycles. The number of carbonyl (C=O) groups is 1. The first kappa shape index (κ1) is 25.4. The van der Waals surface area contributed by atoms with Crippen LogP contribution < -0.4 is 15.8 Å². The maximum absolute atomic E-state index is 14.6. The quantitative estimate of drug-likeness (QED) is 0.490. The van der Waals surface area contributed by atoms with Crippen LogP contribution in [-0.4, -0.2) is 44.9 Å². The lowest BCUT2D eigenvalue weighted by Gasteiger charge is -2.38. The van der Waals surface area contributed by atoms with Gasteiger partial charge in [0.2, 0.25) is 5.95 Å². The molecule has 0 saturated carbocycles. The van der Waals surface area contributed by atoms with Crippen molar-refractivity contribution in [2.24, 2.45) is 12.5 Å². The molecular weight excluding hydrogens is 482 g/mol. The SMILES string of the molecule is Cn1c(N2CCC(C)(C)CC2)nc2c(C(Nc3cccnc3C(=O)O)C(F)(F)F)cc(F)cc2c1=O. The molecule has 1 aromatic carbocycles. The van der Waals surface area contributed by atoms with Crippen LogP contribution in [-0.2, 0) is 7.05 Å². The Morgan fingerprint density at radius 1 is 1.22 bits per heavy atom. The highest BCUT2D eigenvalue weighted by molar-refractivity contribution is 5.92. The van der Waals surface area contributed by atoms with E-state index in [4.69, 9.17) is 0 Å². The molecule has 0 aliphatic carbocycles. The van der Waals surface area contributed by atoms with Gasteiger partial charge in [-0.3, -0.25) is 9.36 Å². The Bertz CT molecular complexity index is 1380. The van der Waals surface area contributed by atoms with Crippen molar-refractivity contribution in [2.45, 2.75) is 38.9 Å². The maximum Gasteiger partial charge on any atom is 0.412 e. The molecule has 0 amide bonds. The zero-order valence-electron chi connectivity index (χ0n) is 19.9. The number of rotatable bonds is 5. The molecule has 12 heteroatoms. The van der Waals surface area contributed by atoms with Crippen LogP contribution in [0.4, 0.5) is 29.2 Å². The summed E-state index contributed by atoms with van der Waals surface area (Å²) in [5.74, 6) is -2.40. The lowest BCUT2D eigenvalue weighted by molar-refractivity contribution is -0.143. The first-order chi connectivity index (χ1) is 16.8. The molecule has 4 rings (SSSR count). The van der Waals surface area contributed by atoms with Gasteiger partial charge < -0.3 is 15.3 Å². The molecule has 2 N–H and O–H groups in total. The zero-order chi connectivity index (χ0) is 26.4. The Morgan fingerprint density at radius 3 is 2.50 bits per heavy atom. The average molecular weight is 507 g/mol. The Kier molecular flexibility index (Phi) is 6.40. The van der Waals surface area contributed by atoms with Crippen molar-refractivity contribution in [3.8, 4) is 0 Å². The number of aromatic carboxylic acids is 1. The number of fused-ring (bicyclic) bond motifs is 1. The Hall–Kier alpha value is -3.70. The van der Waals surface area contributed by atoms with E-state index in [1.54, 1.807) is 0 Å². The topological polar surface area (TPSA) is 100 Å². The lowest BCUT2D eigenvalue weighted by Crippen LogP contribution is -2.40. The first-order valence-corrected chi connectivity index (χ1v) is 11.3. The standard InChI is InChI=1S/C24H25F4N5O3/c1-23(2)6-9-33(10-7-23)22-31-17-14(11-13(25)12-15(17)20(34)32(22)3)19(24(26,27)28)30-16-5-4-8-29-18(16)21(35)36/h4-5,8,11-12,19,30H,6-7,9-10H2,1-3H3,(H,35,36). The summed E-state index contributed by atoms with van der Waals surface area (Å²) in [5, 5.41) is 11.2. The van der Waals surface area contributed by atoms with Crippen LogP contribution >= 0.6 is 0 Å². The third-order valence-electron chi connectivity index (χ3n) is 6.50. The maximum atomic E-state index is 14.6. The highest BCUT2D eigenvalue weighted by atomic mass is 19.4. The van der Waals surface area contributed by atoms with Gasteiger partial charge in [0.15, 0.2) is 11.7 Å². The molecule has 0 radical (unpaired) electrons. The highest BCUT2D eigenvalue weighted by Crippen LogP contribution is 2.39. The number of carboxylic acids is 1. The Morgan fingerprint density at radius 2 is 1.89 bits per heavy atom. The van der Waals surface area contributed by atoms with E-state index in [2.05, 4.69) is 29.1 Å². The van der Waals surface area contributed by atoms with Crippen molar-refractivity contribution in [3.05, 3.63) is 57.9 Å². The number of hydrogen-bond donors (Lipinski definition) is 2. The lowest BCUT2D eigenvalue weighted by atomic mass is 9.83. The fourth-order valence-electron chi connectivity index (χ4n) is 4.35. The third kappa shape index (κ3) is 4.84. The molecular formula is C24H25F4N5O3. The van der Waals surface area contributed by atoms with Gasteiger partial charge in [0, 0.05) is 31.9 Å². The van der Waals surface area contributed by atoms with Crippen LogP contribution in [0.1, 0.15) is 48.8 Å². The van der Waals surface area contributed by atoms with Gasteiger partial charge in [-0.2, -0.15) is 13.2 Å². The molecule has 1 atom stereocenters. The molecule has 192 valence electrons. The van der Waals surface area contributed by atoms with E-state index in [1.807, 2.05) is 4.90 Å². The fraction of sp³-hybridized carbons (Fsp3) is 0.417. The number of piperidine rings is 1. The summed E-state index contributed by atoms with van der Waals surface area (Å²) in [6.45, 7) is 5.32. The normalized spacial score (nSPS) is 16.7. The summed E-state index contributed by atoms with van der Waals surface area (Å²) in [6.07, 6.45) is -2.28. The van der Waals surface area contributed by atoms with E-state index < -0.39 is 46.5 Å². The van der Waals surface area contributed by atoms with Gasteiger partial charge in [0.1, 0.15) is 5.82 Å². The summed E-state index contributed by atoms with van der Waals surface area (Å²) < 4.78 is 58.8. The zero-order valence-corrected chi connectivity index (χ0v) is 19.9. The highest BCUT2D eigenvalue weighted by Gasteiger charge is 2.43. The van der Waals surface area contributed by atoms with E-state index in [1.165, 1.54) is 17.7 Å². The van der Waals surface area contributed by atoms with Gasteiger partial charge in [0.25, 0.3) is 5.56 Å². The van der Waals surface area contributed by atoms with E-state index in [9.17, 15) is 32.3 Å². The summed E-state index contributed by atoms with van der Waals surface area (Å²) in [7, 11) is 1.45. The smallest absolute Gasteiger partial charge is 0.412 e. The molecule has 1 unspecified atom stereocenters. The molecule has 0 bridgehead atoms. The molecule has 1 saturated heterocycles. The van der Waals surface area contributed by atoms with E-state index in [0.29, 0.717) is 19.2 Å². The number of pyridine rings is 1. The summed E-state index contributed by atoms with van der Waals surface area (Å²) in [4.78, 5) is 34.5. The summed E-state index contributed by atoms with van der Waals surface area (Å²) in [5.41, 5.74) is -2.59. The third-order valence-corrected chi connectivity index (χ3v) is 6.50. The minimum absolute atomic E-state index is 0.0807. The van der Waals surface area contributed by atoms with Crippen LogP contribution in [0.3, 0.4) is 0 Å². The minimum Gasteiger partial charge on any atom is -0.476 e. The van der Waals surface area contributed by atoms with Crippen LogP contribution in [0.25, 0.3) is 10.9 Å². The van der Waals surface area contributed by atoms with Crippen molar-refractivity contribution < 1.29 is 27.5 Å². The van der Waals surface area contributed by atoms with Crippen LogP contribution in [0.2, 0.25) is 0 Å². The van der Waals surface area contributed by atoms with Gasteiger partial charge in [-0.1, -0.05) is 13.8 Å². The number of hydrogen-bond acceptors (Lipinski definition) is 6. The second-order valence-corrected chi connectivity index (χ2v) is 9.64. The van der Waals surface area contributed by atoms with E-state index in [-0.39, 0.29) is 22.3 Å². The summed E-state index contributed by atoms with van der Waals surface area (Å²) >= 11 is 0. The number of alkyl halides is 3. The van der Waals surface area contributed by atoms with E-state index >= 15 is 0 Å². The van der Waals surface area contributed by atoms with Crippen molar-refractivity contribution in [2.75, 3.05) is 23.3 Å². The first-order valence-electron chi connectivity index (χ1n) is 11.3. The van der Waals surface area contributed by atoms with Crippen LogP contribution in [0.15, 0.2) is 35.3 Å². The second kappa shape index (κ2) is 9.07. The number of benzene rings is 1. The number of anilines is 2. The number of nitrogens with zero attached hydrogens (tertiary/aromatic N) is 4. The van der Waals surface area contributed by atoms with Gasteiger partial charge in [0.05, 0.1) is 16.6 Å². The van der Waals surface area contributed by atoms with Gasteiger partial charge in [-0.05, 0) is 42.5 Å². The minimum atomic E-state index is -5.00. The van der Waals surface area contributed by atoms with Crippen molar-refractivity contribution in [1.29, 1.82) is 0 Å². The molecule has 1 aliphatic heterocycles. The van der Waals surface area contributed by atoms with Crippen molar-refractivity contribution >= 4 is 28.5 Å². The summed E-state index contributed by atoms with van der Waals surface area (Å²) in [6, 6.07) is 1.36. The van der Waals surface area contributed by atoms with Gasteiger partial charge in [-0.25, -0.2) is 19.2 Å². The second-order valence-electron chi connectivity index (χ2n) is 9.64. The van der Waals surface area contributed by atoms with Gasteiger partial charge in [-0.15, -0.1) is 0 Å². The Labute approximate surface area is 203 Å². The number of halogens is 4. The molecule has 1 fully saturated rings. The molecule has 3 heterocycles. The molecule has 0 spiro atoms. The molecule has 8 nitrogen and oxygen atoms in total. The number of carboxylic acid groups (broad SMARTS) is 1. The van der Waals surface area contributed by atoms with Crippen LogP contribution in [0.5, 0.6) is 0 Å². The molecule has 3 aromatic rings. The largest absolute Gasteiger partial charge is 0.476 e. The monoisotopic (exact) mass is 507 g/mol. The van der Waals surface area contributed by atoms with E-state index in [0.717, 1.165) is 31.2 Å². The van der Waals surface area contributed by atoms with Crippen LogP contribution in [0, 0.1) is 11.2 Å². The predicted molar refractivity (Wildman–Crippen MR) is 126 cm³/mol. The number of aromatic nitrogens is 3. The molecule has 36 heavy (non-hydrogen) atoms. The van der Waals surface area contributed by atoms with Gasteiger partial charge >= 0.3 is 12.1 Å². The van der Waals surface area contributed by atoms with Crippen molar-refractivity contribution in [3.63, 3.8) is 0 Å². The molecule has 1 aliphatic rings. The predicted octanol–water partition coefficient (Wildman–Crippen LogP) is 4.51. The number of nitrogens with one attached hydrogen (secondary N) is 1. The fourth-order valence-corrected chi connectivity index (χ4v) is 4.35. The average Bonchev–Trinajstić information content (AvgIpc) is 2.79. The Balaban J connectivity index is 1.90.